The van der Waals surface area contributed by atoms with E-state index in [1.165, 1.54) is 46.5 Å². The SMILES string of the molecule is CC1CCc2c(sc3ncnc(SCC(=O)Nc4ccc(OC(F)F)cc4)c23)C1. The highest BCUT2D eigenvalue weighted by Crippen LogP contribution is 2.40. The number of thiophene rings is 1. The molecule has 0 aliphatic heterocycles. The molecule has 4 rings (SSSR count). The summed E-state index contributed by atoms with van der Waals surface area (Å²) in [5.41, 5.74) is 1.85. The molecule has 29 heavy (non-hydrogen) atoms. The van der Waals surface area contributed by atoms with Gasteiger partial charge in [0.15, 0.2) is 0 Å². The number of aromatic nitrogens is 2. The zero-order valence-electron chi connectivity index (χ0n) is 15.7. The molecule has 0 saturated heterocycles. The molecule has 0 bridgehead atoms. The van der Waals surface area contributed by atoms with Crippen molar-refractivity contribution in [2.24, 2.45) is 5.92 Å². The minimum absolute atomic E-state index is 0.0484. The van der Waals surface area contributed by atoms with Crippen molar-refractivity contribution in [2.45, 2.75) is 37.8 Å². The van der Waals surface area contributed by atoms with Crippen LogP contribution in [0.15, 0.2) is 35.6 Å². The van der Waals surface area contributed by atoms with Crippen LogP contribution in [0.4, 0.5) is 14.5 Å². The standard InChI is InChI=1S/C20H19F2N3O2S2/c1-11-2-7-14-15(8-11)29-19-17(14)18(23-10-24-19)28-9-16(26)25-12-3-5-13(6-4-12)27-20(21)22/h3-6,10-11,20H,2,7-9H2,1H3,(H,25,26). The third-order valence-corrected chi connectivity index (χ3v) is 6.91. The Bertz CT molecular complexity index is 1020. The summed E-state index contributed by atoms with van der Waals surface area (Å²) in [7, 11) is 0. The van der Waals surface area contributed by atoms with E-state index < -0.39 is 6.61 Å². The van der Waals surface area contributed by atoms with E-state index in [1.54, 1.807) is 17.7 Å². The van der Waals surface area contributed by atoms with Gasteiger partial charge in [0, 0.05) is 16.0 Å². The molecule has 1 aliphatic rings. The average Bonchev–Trinajstić information content (AvgIpc) is 3.05. The Labute approximate surface area is 174 Å². The molecular weight excluding hydrogens is 416 g/mol. The van der Waals surface area contributed by atoms with E-state index >= 15 is 0 Å². The molecule has 3 aromatic rings. The summed E-state index contributed by atoms with van der Waals surface area (Å²) in [5, 5.41) is 4.68. The van der Waals surface area contributed by atoms with E-state index in [1.807, 2.05) is 0 Å². The first kappa shape index (κ1) is 20.0. The molecule has 1 amide bonds. The number of carbonyl (C=O) groups excluding carboxylic acids is 1. The fraction of sp³-hybridized carbons (Fsp3) is 0.350. The van der Waals surface area contributed by atoms with Gasteiger partial charge in [0.2, 0.25) is 5.91 Å². The number of benzene rings is 1. The van der Waals surface area contributed by atoms with E-state index in [-0.39, 0.29) is 17.4 Å². The predicted octanol–water partition coefficient (Wildman–Crippen LogP) is 5.15. The highest BCUT2D eigenvalue weighted by atomic mass is 32.2. The summed E-state index contributed by atoms with van der Waals surface area (Å²) >= 11 is 3.12. The maximum absolute atomic E-state index is 12.3. The molecule has 1 aromatic carbocycles. The van der Waals surface area contributed by atoms with Gasteiger partial charge >= 0.3 is 6.61 Å². The Kier molecular flexibility index (Phi) is 5.96. The van der Waals surface area contributed by atoms with Gasteiger partial charge in [-0.25, -0.2) is 9.97 Å². The lowest BCUT2D eigenvalue weighted by atomic mass is 9.89. The molecule has 9 heteroatoms. The molecule has 0 saturated carbocycles. The normalized spacial score (nSPS) is 16.1. The van der Waals surface area contributed by atoms with Crippen molar-refractivity contribution in [3.05, 3.63) is 41.0 Å². The highest BCUT2D eigenvalue weighted by Gasteiger charge is 2.23. The minimum Gasteiger partial charge on any atom is -0.435 e. The summed E-state index contributed by atoms with van der Waals surface area (Å²) < 4.78 is 28.7. The quantitative estimate of drug-likeness (QED) is 0.429. The van der Waals surface area contributed by atoms with Crippen molar-refractivity contribution in [1.82, 2.24) is 9.97 Å². The van der Waals surface area contributed by atoms with Crippen LogP contribution in [0.2, 0.25) is 0 Å². The fourth-order valence-corrected chi connectivity index (χ4v) is 5.65. The average molecular weight is 436 g/mol. The van der Waals surface area contributed by atoms with Crippen molar-refractivity contribution in [3.63, 3.8) is 0 Å². The molecule has 2 heterocycles. The van der Waals surface area contributed by atoms with Crippen LogP contribution < -0.4 is 10.1 Å². The minimum atomic E-state index is -2.87. The summed E-state index contributed by atoms with van der Waals surface area (Å²) in [6.45, 7) is -0.604. The molecule has 2 aromatic heterocycles. The molecule has 0 fully saturated rings. The van der Waals surface area contributed by atoms with Gasteiger partial charge in [-0.2, -0.15) is 8.78 Å². The van der Waals surface area contributed by atoms with Crippen molar-refractivity contribution in [3.8, 4) is 5.75 Å². The zero-order valence-corrected chi connectivity index (χ0v) is 17.3. The van der Waals surface area contributed by atoms with E-state index in [2.05, 4.69) is 26.9 Å². The van der Waals surface area contributed by atoms with Gasteiger partial charge in [0.25, 0.3) is 0 Å². The first-order chi connectivity index (χ1) is 14.0. The van der Waals surface area contributed by atoms with Gasteiger partial charge in [0.1, 0.15) is 21.9 Å². The topological polar surface area (TPSA) is 64.1 Å². The number of rotatable bonds is 6. The third-order valence-electron chi connectivity index (χ3n) is 4.76. The number of carbonyl (C=O) groups is 1. The molecule has 1 atom stereocenters. The van der Waals surface area contributed by atoms with Crippen LogP contribution in [0.3, 0.4) is 0 Å². The molecule has 5 nitrogen and oxygen atoms in total. The largest absolute Gasteiger partial charge is 0.435 e. The maximum Gasteiger partial charge on any atom is 0.387 e. The first-order valence-electron chi connectivity index (χ1n) is 9.22. The van der Waals surface area contributed by atoms with Crippen molar-refractivity contribution in [1.29, 1.82) is 0 Å². The number of hydrogen-bond donors (Lipinski definition) is 1. The van der Waals surface area contributed by atoms with Crippen molar-refractivity contribution < 1.29 is 18.3 Å². The van der Waals surface area contributed by atoms with Crippen LogP contribution in [-0.4, -0.2) is 28.2 Å². The molecule has 152 valence electrons. The Hall–Kier alpha value is -2.26. The number of nitrogens with one attached hydrogen (secondary N) is 1. The smallest absolute Gasteiger partial charge is 0.387 e. The fourth-order valence-electron chi connectivity index (χ4n) is 3.41. The number of amides is 1. The van der Waals surface area contributed by atoms with Crippen LogP contribution in [0.5, 0.6) is 5.75 Å². The maximum atomic E-state index is 12.3. The number of fused-ring (bicyclic) bond motifs is 3. The Morgan fingerprint density at radius 1 is 1.34 bits per heavy atom. The van der Waals surface area contributed by atoms with Crippen LogP contribution in [0.25, 0.3) is 10.2 Å². The van der Waals surface area contributed by atoms with E-state index in [4.69, 9.17) is 0 Å². The lowest BCUT2D eigenvalue weighted by molar-refractivity contribution is -0.113. The molecule has 1 unspecified atom stereocenters. The van der Waals surface area contributed by atoms with E-state index in [0.29, 0.717) is 11.6 Å². The van der Waals surface area contributed by atoms with Gasteiger partial charge in [-0.1, -0.05) is 18.7 Å². The number of anilines is 1. The van der Waals surface area contributed by atoms with Crippen LogP contribution >= 0.6 is 23.1 Å². The number of alkyl halides is 2. The second-order valence-corrected chi connectivity index (χ2v) is 9.00. The van der Waals surface area contributed by atoms with Crippen LogP contribution in [-0.2, 0) is 17.6 Å². The molecular formula is C20H19F2N3O2S2. The second-order valence-electron chi connectivity index (χ2n) is 6.95. The van der Waals surface area contributed by atoms with Crippen LogP contribution in [0.1, 0.15) is 23.8 Å². The monoisotopic (exact) mass is 435 g/mol. The Morgan fingerprint density at radius 2 is 2.14 bits per heavy atom. The van der Waals surface area contributed by atoms with E-state index in [0.717, 1.165) is 34.5 Å². The Morgan fingerprint density at radius 3 is 2.90 bits per heavy atom. The number of aryl methyl sites for hydroxylation is 1. The third kappa shape index (κ3) is 4.67. The number of ether oxygens (including phenoxy) is 1. The molecule has 0 spiro atoms. The summed E-state index contributed by atoms with van der Waals surface area (Å²) in [5.74, 6) is 0.736. The zero-order chi connectivity index (χ0) is 20.4. The van der Waals surface area contributed by atoms with Gasteiger partial charge in [-0.05, 0) is 55.0 Å². The predicted molar refractivity (Wildman–Crippen MR) is 111 cm³/mol. The summed E-state index contributed by atoms with van der Waals surface area (Å²) in [4.78, 5) is 23.5. The lowest BCUT2D eigenvalue weighted by Gasteiger charge is -2.18. The van der Waals surface area contributed by atoms with Gasteiger partial charge in [-0.15, -0.1) is 11.3 Å². The number of thioether (sulfide) groups is 1. The van der Waals surface area contributed by atoms with Gasteiger partial charge in [0.05, 0.1) is 5.75 Å². The summed E-state index contributed by atoms with van der Waals surface area (Å²) in [6, 6.07) is 5.84. The molecule has 1 aliphatic carbocycles. The van der Waals surface area contributed by atoms with Gasteiger partial charge in [-0.3, -0.25) is 4.79 Å². The van der Waals surface area contributed by atoms with Crippen molar-refractivity contribution >= 4 is 44.9 Å². The second kappa shape index (κ2) is 8.62. The molecule has 1 N–H and O–H groups in total. The lowest BCUT2D eigenvalue weighted by Crippen LogP contribution is -2.14. The summed E-state index contributed by atoms with van der Waals surface area (Å²) in [6.07, 6.45) is 4.81. The van der Waals surface area contributed by atoms with E-state index in [9.17, 15) is 13.6 Å². The molecule has 0 radical (unpaired) electrons. The number of hydrogen-bond acceptors (Lipinski definition) is 6. The number of nitrogens with zero attached hydrogens (tertiary/aromatic N) is 2. The number of halogens is 2. The van der Waals surface area contributed by atoms with Crippen LogP contribution in [0, 0.1) is 5.92 Å². The highest BCUT2D eigenvalue weighted by molar-refractivity contribution is 8.00. The van der Waals surface area contributed by atoms with Gasteiger partial charge < -0.3 is 10.1 Å². The first-order valence-corrected chi connectivity index (χ1v) is 11.0. The van der Waals surface area contributed by atoms with Crippen molar-refractivity contribution in [2.75, 3.05) is 11.1 Å². The Balaban J connectivity index is 1.42.